The molecule has 0 N–H and O–H groups in total. The molecule has 4 rings (SSSR count). The van der Waals surface area contributed by atoms with Crippen LogP contribution in [0.25, 0.3) is 11.1 Å². The van der Waals surface area contributed by atoms with Gasteiger partial charge in [-0.25, -0.2) is 9.18 Å². The number of benzene rings is 3. The van der Waals surface area contributed by atoms with Gasteiger partial charge in [-0.15, -0.1) is 0 Å². The number of amides is 1. The quantitative estimate of drug-likeness (QED) is 0.482. The topological polar surface area (TPSA) is 55.8 Å². The van der Waals surface area contributed by atoms with Gasteiger partial charge in [-0.3, -0.25) is 4.79 Å². The van der Waals surface area contributed by atoms with Gasteiger partial charge in [0, 0.05) is 13.1 Å². The first-order valence-corrected chi connectivity index (χ1v) is 11.1. The number of halogens is 1. The molecule has 33 heavy (non-hydrogen) atoms. The van der Waals surface area contributed by atoms with Crippen molar-refractivity contribution in [1.29, 1.82) is 0 Å². The fourth-order valence-corrected chi connectivity index (χ4v) is 4.16. The van der Waals surface area contributed by atoms with Crippen LogP contribution in [0, 0.1) is 5.82 Å². The average molecular weight is 448 g/mol. The summed E-state index contributed by atoms with van der Waals surface area (Å²) in [6.45, 7) is 2.88. The summed E-state index contributed by atoms with van der Waals surface area (Å²) in [4.78, 5) is 26.5. The largest absolute Gasteiger partial charge is 0.466 e. The molecule has 0 saturated carbocycles. The standard InChI is InChI=1S/C27H26FNO4/c1-2-32-26(30)16-20-10-6-7-11-21(20)22-12-13-25(28)23-14-15-29(17-24(22)23)27(31)33-18-19-8-4-3-5-9-19/h3-13H,2,14-18H2,1H3. The molecule has 1 aliphatic rings. The summed E-state index contributed by atoms with van der Waals surface area (Å²) >= 11 is 0. The van der Waals surface area contributed by atoms with Gasteiger partial charge in [0.2, 0.25) is 0 Å². The van der Waals surface area contributed by atoms with Crippen LogP contribution < -0.4 is 0 Å². The van der Waals surface area contributed by atoms with Crippen LogP contribution in [0.1, 0.15) is 29.2 Å². The third kappa shape index (κ3) is 5.22. The molecule has 0 saturated heterocycles. The lowest BCUT2D eigenvalue weighted by Gasteiger charge is -2.30. The molecule has 1 aliphatic heterocycles. The monoisotopic (exact) mass is 447 g/mol. The van der Waals surface area contributed by atoms with Crippen molar-refractivity contribution in [2.75, 3.05) is 13.2 Å². The number of carbonyl (C=O) groups excluding carboxylic acids is 2. The number of hydrogen-bond acceptors (Lipinski definition) is 4. The molecule has 6 heteroatoms. The highest BCUT2D eigenvalue weighted by Gasteiger charge is 2.27. The van der Waals surface area contributed by atoms with Gasteiger partial charge in [-0.05, 0) is 52.8 Å². The maximum absolute atomic E-state index is 14.7. The van der Waals surface area contributed by atoms with Crippen molar-refractivity contribution in [2.45, 2.75) is 32.9 Å². The van der Waals surface area contributed by atoms with E-state index in [1.165, 1.54) is 6.07 Å². The van der Waals surface area contributed by atoms with Crippen LogP contribution in [0.15, 0.2) is 66.7 Å². The fraction of sp³-hybridized carbons (Fsp3) is 0.259. The highest BCUT2D eigenvalue weighted by Crippen LogP contribution is 2.34. The van der Waals surface area contributed by atoms with Crippen LogP contribution >= 0.6 is 0 Å². The fourth-order valence-electron chi connectivity index (χ4n) is 4.16. The Bertz CT molecular complexity index is 1150. The van der Waals surface area contributed by atoms with Crippen LogP contribution in [-0.2, 0) is 40.3 Å². The number of hydrogen-bond donors (Lipinski definition) is 0. The molecule has 0 aliphatic carbocycles. The predicted octanol–water partition coefficient (Wildman–Crippen LogP) is 5.29. The Balaban J connectivity index is 1.59. The van der Waals surface area contributed by atoms with Crippen molar-refractivity contribution in [1.82, 2.24) is 4.90 Å². The molecule has 5 nitrogen and oxygen atoms in total. The van der Waals surface area contributed by atoms with Crippen LogP contribution in [0.5, 0.6) is 0 Å². The molecule has 1 heterocycles. The normalized spacial score (nSPS) is 12.7. The zero-order valence-electron chi connectivity index (χ0n) is 18.6. The molecule has 1 amide bonds. The molecule has 0 aromatic heterocycles. The highest BCUT2D eigenvalue weighted by atomic mass is 19.1. The van der Waals surface area contributed by atoms with E-state index < -0.39 is 6.09 Å². The number of carbonyl (C=O) groups is 2. The van der Waals surface area contributed by atoms with Gasteiger partial charge in [0.15, 0.2) is 0 Å². The van der Waals surface area contributed by atoms with Crippen molar-refractivity contribution in [3.8, 4) is 11.1 Å². The Labute approximate surface area is 192 Å². The van der Waals surface area contributed by atoms with Gasteiger partial charge >= 0.3 is 12.1 Å². The van der Waals surface area contributed by atoms with E-state index in [-0.39, 0.29) is 31.4 Å². The summed E-state index contributed by atoms with van der Waals surface area (Å²) in [5.74, 6) is -0.596. The maximum Gasteiger partial charge on any atom is 0.410 e. The van der Waals surface area contributed by atoms with Crippen molar-refractivity contribution in [3.63, 3.8) is 0 Å². The molecule has 0 atom stereocenters. The number of ether oxygens (including phenoxy) is 2. The average Bonchev–Trinajstić information content (AvgIpc) is 2.84. The Morgan fingerprint density at radius 1 is 0.909 bits per heavy atom. The van der Waals surface area contributed by atoms with E-state index in [1.807, 2.05) is 54.6 Å². The lowest BCUT2D eigenvalue weighted by molar-refractivity contribution is -0.142. The smallest absolute Gasteiger partial charge is 0.410 e. The predicted molar refractivity (Wildman–Crippen MR) is 123 cm³/mol. The lowest BCUT2D eigenvalue weighted by atomic mass is 9.88. The molecule has 3 aromatic carbocycles. The van der Waals surface area contributed by atoms with E-state index in [2.05, 4.69) is 0 Å². The van der Waals surface area contributed by atoms with Gasteiger partial charge in [-0.1, -0.05) is 60.7 Å². The highest BCUT2D eigenvalue weighted by molar-refractivity contribution is 5.80. The number of fused-ring (bicyclic) bond motifs is 1. The van der Waals surface area contributed by atoms with Gasteiger partial charge in [0.25, 0.3) is 0 Å². The Kier molecular flexibility index (Phi) is 7.03. The van der Waals surface area contributed by atoms with Crippen LogP contribution in [0.3, 0.4) is 0 Å². The SMILES string of the molecule is CCOC(=O)Cc1ccccc1-c1ccc(F)c2c1CN(C(=O)OCc1ccccc1)CC2. The second-order valence-corrected chi connectivity index (χ2v) is 7.90. The lowest BCUT2D eigenvalue weighted by Crippen LogP contribution is -2.37. The molecule has 0 radical (unpaired) electrons. The second-order valence-electron chi connectivity index (χ2n) is 7.90. The van der Waals surface area contributed by atoms with Gasteiger partial charge in [0.1, 0.15) is 12.4 Å². The van der Waals surface area contributed by atoms with Crippen molar-refractivity contribution in [2.24, 2.45) is 0 Å². The summed E-state index contributed by atoms with van der Waals surface area (Å²) in [5.41, 5.74) is 4.70. The van der Waals surface area contributed by atoms with E-state index in [0.29, 0.717) is 25.1 Å². The summed E-state index contributed by atoms with van der Waals surface area (Å²) in [5, 5.41) is 0. The first-order chi connectivity index (χ1) is 16.1. The molecule has 0 fully saturated rings. The molecule has 0 bridgehead atoms. The van der Waals surface area contributed by atoms with E-state index in [1.54, 1.807) is 17.9 Å². The van der Waals surface area contributed by atoms with Crippen LogP contribution in [0.2, 0.25) is 0 Å². The van der Waals surface area contributed by atoms with Crippen molar-refractivity contribution >= 4 is 12.1 Å². The zero-order valence-corrected chi connectivity index (χ0v) is 18.6. The van der Waals surface area contributed by atoms with E-state index >= 15 is 0 Å². The molecule has 3 aromatic rings. The zero-order chi connectivity index (χ0) is 23.2. The minimum absolute atomic E-state index is 0.124. The Morgan fingerprint density at radius 3 is 2.45 bits per heavy atom. The molecule has 0 spiro atoms. The van der Waals surface area contributed by atoms with Crippen molar-refractivity contribution < 1.29 is 23.5 Å². The summed E-state index contributed by atoms with van der Waals surface area (Å²) < 4.78 is 25.3. The van der Waals surface area contributed by atoms with Gasteiger partial charge in [-0.2, -0.15) is 0 Å². The van der Waals surface area contributed by atoms with Crippen LogP contribution in [0.4, 0.5) is 9.18 Å². The van der Waals surface area contributed by atoms with E-state index in [4.69, 9.17) is 9.47 Å². The van der Waals surface area contributed by atoms with Gasteiger partial charge < -0.3 is 14.4 Å². The number of nitrogens with zero attached hydrogens (tertiary/aromatic N) is 1. The Morgan fingerprint density at radius 2 is 1.67 bits per heavy atom. The van der Waals surface area contributed by atoms with Crippen LogP contribution in [-0.4, -0.2) is 30.1 Å². The third-order valence-corrected chi connectivity index (χ3v) is 5.77. The number of esters is 1. The Hall–Kier alpha value is -3.67. The summed E-state index contributed by atoms with van der Waals surface area (Å²) in [6, 6.07) is 20.2. The molecular formula is C27H26FNO4. The van der Waals surface area contributed by atoms with E-state index in [9.17, 15) is 14.0 Å². The van der Waals surface area contributed by atoms with Gasteiger partial charge in [0.05, 0.1) is 13.0 Å². The first kappa shape index (κ1) is 22.5. The first-order valence-electron chi connectivity index (χ1n) is 11.1. The third-order valence-electron chi connectivity index (χ3n) is 5.77. The molecular weight excluding hydrogens is 421 g/mol. The molecule has 0 unspecified atom stereocenters. The minimum atomic E-state index is -0.431. The minimum Gasteiger partial charge on any atom is -0.466 e. The molecule has 170 valence electrons. The summed E-state index contributed by atoms with van der Waals surface area (Å²) in [7, 11) is 0. The maximum atomic E-state index is 14.7. The summed E-state index contributed by atoms with van der Waals surface area (Å²) in [6.07, 6.45) is 0.0913. The van der Waals surface area contributed by atoms with E-state index in [0.717, 1.165) is 27.8 Å². The van der Waals surface area contributed by atoms with Crippen molar-refractivity contribution in [3.05, 3.63) is 94.8 Å². The number of rotatable bonds is 6. The second kappa shape index (κ2) is 10.3.